The normalized spacial score (nSPS) is 12.0. The average Bonchev–Trinajstić information content (AvgIpc) is 2.56. The van der Waals surface area contributed by atoms with Gasteiger partial charge in [0, 0.05) is 12.2 Å². The number of hydrogen-bond acceptors (Lipinski definition) is 5. The van der Waals surface area contributed by atoms with E-state index in [9.17, 15) is 16.8 Å². The Morgan fingerprint density at radius 3 is 2.23 bits per heavy atom. The molecule has 142 valence electrons. The quantitative estimate of drug-likeness (QED) is 0.708. The zero-order valence-electron chi connectivity index (χ0n) is 14.8. The van der Waals surface area contributed by atoms with Crippen LogP contribution in [0.4, 0.5) is 5.69 Å². The lowest BCUT2D eigenvalue weighted by molar-refractivity contribution is 0.411. The molecule has 7 nitrogen and oxygen atoms in total. The van der Waals surface area contributed by atoms with E-state index in [1.165, 1.54) is 13.2 Å². The summed E-state index contributed by atoms with van der Waals surface area (Å²) in [5, 5.41) is 0. The van der Waals surface area contributed by atoms with Crippen LogP contribution in [-0.4, -0.2) is 36.2 Å². The van der Waals surface area contributed by atoms with Gasteiger partial charge in [0.2, 0.25) is 20.0 Å². The predicted octanol–water partition coefficient (Wildman–Crippen LogP) is 2.03. The van der Waals surface area contributed by atoms with Crippen molar-refractivity contribution in [2.24, 2.45) is 0 Å². The van der Waals surface area contributed by atoms with Gasteiger partial charge in [0.15, 0.2) is 0 Å². The van der Waals surface area contributed by atoms with Crippen molar-refractivity contribution in [3.8, 4) is 5.75 Å². The molecule has 9 heteroatoms. The maximum Gasteiger partial charge on any atom is 0.240 e. The summed E-state index contributed by atoms with van der Waals surface area (Å²) in [4.78, 5) is 0.101. The van der Waals surface area contributed by atoms with Crippen molar-refractivity contribution in [1.82, 2.24) is 4.72 Å². The van der Waals surface area contributed by atoms with E-state index in [2.05, 4.69) is 9.44 Å². The number of methoxy groups -OCH3 is 1. The highest BCUT2D eigenvalue weighted by molar-refractivity contribution is 7.92. The first-order valence-electron chi connectivity index (χ1n) is 7.85. The van der Waals surface area contributed by atoms with Gasteiger partial charge in [0.1, 0.15) is 5.75 Å². The molecule has 0 aromatic heterocycles. The molecule has 0 heterocycles. The molecule has 0 bridgehead atoms. The van der Waals surface area contributed by atoms with Gasteiger partial charge in [-0.2, -0.15) is 0 Å². The summed E-state index contributed by atoms with van der Waals surface area (Å²) in [6, 6.07) is 11.6. The molecule has 0 unspecified atom stereocenters. The summed E-state index contributed by atoms with van der Waals surface area (Å²) in [5.74, 6) is 0.214. The monoisotopic (exact) mass is 398 g/mol. The predicted molar refractivity (Wildman–Crippen MR) is 102 cm³/mol. The summed E-state index contributed by atoms with van der Waals surface area (Å²) in [6.07, 6.45) is 0. The molecule has 0 aliphatic heterocycles. The van der Waals surface area contributed by atoms with Gasteiger partial charge in [0.25, 0.3) is 0 Å². The Morgan fingerprint density at radius 1 is 0.962 bits per heavy atom. The molecular formula is C17H22N2O5S2. The van der Waals surface area contributed by atoms with Gasteiger partial charge in [0.05, 0.1) is 17.8 Å². The highest BCUT2D eigenvalue weighted by atomic mass is 32.2. The van der Waals surface area contributed by atoms with Gasteiger partial charge < -0.3 is 4.74 Å². The number of hydrogen-bond donors (Lipinski definition) is 2. The van der Waals surface area contributed by atoms with E-state index < -0.39 is 20.0 Å². The zero-order chi connectivity index (χ0) is 19.4. The van der Waals surface area contributed by atoms with Crippen LogP contribution in [0, 0.1) is 13.8 Å². The van der Waals surface area contributed by atoms with Gasteiger partial charge in [-0.1, -0.05) is 18.2 Å². The van der Waals surface area contributed by atoms with Crippen LogP contribution < -0.4 is 14.2 Å². The van der Waals surface area contributed by atoms with Crippen molar-refractivity contribution in [2.45, 2.75) is 18.7 Å². The molecule has 0 spiro atoms. The molecule has 26 heavy (non-hydrogen) atoms. The fourth-order valence-corrected chi connectivity index (χ4v) is 4.84. The van der Waals surface area contributed by atoms with Crippen LogP contribution in [0.25, 0.3) is 0 Å². The first kappa shape index (κ1) is 20.2. The molecule has 0 radical (unpaired) electrons. The molecule has 0 aliphatic rings. The largest absolute Gasteiger partial charge is 0.496 e. The van der Waals surface area contributed by atoms with Crippen molar-refractivity contribution in [1.29, 1.82) is 0 Å². The fourth-order valence-electron chi connectivity index (χ4n) is 2.40. The Bertz CT molecular complexity index is 972. The molecule has 2 N–H and O–H groups in total. The average molecular weight is 399 g/mol. The lowest BCUT2D eigenvalue weighted by Crippen LogP contribution is -2.31. The zero-order valence-corrected chi connectivity index (χ0v) is 16.4. The van der Waals surface area contributed by atoms with E-state index in [1.54, 1.807) is 50.2 Å². The Morgan fingerprint density at radius 2 is 1.62 bits per heavy atom. The van der Waals surface area contributed by atoms with E-state index in [0.29, 0.717) is 22.6 Å². The van der Waals surface area contributed by atoms with Gasteiger partial charge in [-0.05, 0) is 49.2 Å². The number of ether oxygens (including phenoxy) is 1. The minimum Gasteiger partial charge on any atom is -0.496 e. The number of anilines is 1. The second kappa shape index (κ2) is 8.07. The number of sulfonamides is 2. The van der Waals surface area contributed by atoms with Crippen LogP contribution >= 0.6 is 0 Å². The highest BCUT2D eigenvalue weighted by Crippen LogP contribution is 2.25. The van der Waals surface area contributed by atoms with Crippen LogP contribution in [-0.2, 0) is 20.0 Å². The molecule has 2 rings (SSSR count). The molecule has 0 saturated heterocycles. The van der Waals surface area contributed by atoms with Crippen molar-refractivity contribution >= 4 is 25.7 Å². The first-order chi connectivity index (χ1) is 12.1. The Kier molecular flexibility index (Phi) is 6.27. The molecule has 2 aromatic carbocycles. The number of rotatable bonds is 8. The third-order valence-electron chi connectivity index (χ3n) is 3.69. The highest BCUT2D eigenvalue weighted by Gasteiger charge is 2.20. The van der Waals surface area contributed by atoms with E-state index in [1.807, 2.05) is 0 Å². The van der Waals surface area contributed by atoms with Crippen LogP contribution in [0.2, 0.25) is 0 Å². The molecule has 0 saturated carbocycles. The minimum absolute atomic E-state index is 0.101. The number of aryl methyl sites for hydroxylation is 2. The van der Waals surface area contributed by atoms with Crippen molar-refractivity contribution in [3.05, 3.63) is 53.6 Å². The van der Waals surface area contributed by atoms with Gasteiger partial charge in [-0.15, -0.1) is 0 Å². The summed E-state index contributed by atoms with van der Waals surface area (Å²) in [7, 11) is -5.98. The molecule has 2 aromatic rings. The van der Waals surface area contributed by atoms with Gasteiger partial charge in [-0.3, -0.25) is 4.72 Å². The molecule has 0 atom stereocenters. The lowest BCUT2D eigenvalue weighted by atomic mass is 10.1. The van der Waals surface area contributed by atoms with Gasteiger partial charge in [-0.25, -0.2) is 21.6 Å². The Labute approximate surface area is 154 Å². The topological polar surface area (TPSA) is 102 Å². The maximum absolute atomic E-state index is 12.5. The van der Waals surface area contributed by atoms with Crippen molar-refractivity contribution in [2.75, 3.05) is 24.1 Å². The van der Waals surface area contributed by atoms with Crippen LogP contribution in [0.15, 0.2) is 47.4 Å². The van der Waals surface area contributed by atoms with E-state index >= 15 is 0 Å². The Hall–Kier alpha value is -2.10. The molecular weight excluding hydrogens is 376 g/mol. The number of nitrogens with one attached hydrogen (secondary N) is 2. The van der Waals surface area contributed by atoms with Crippen LogP contribution in [0.1, 0.15) is 11.1 Å². The van der Waals surface area contributed by atoms with Gasteiger partial charge >= 0.3 is 0 Å². The van der Waals surface area contributed by atoms with E-state index in [0.717, 1.165) is 0 Å². The summed E-state index contributed by atoms with van der Waals surface area (Å²) in [5.41, 5.74) is 1.62. The molecule has 0 fully saturated rings. The third kappa shape index (κ3) is 5.20. The van der Waals surface area contributed by atoms with Crippen molar-refractivity contribution in [3.63, 3.8) is 0 Å². The van der Waals surface area contributed by atoms with Crippen LogP contribution in [0.5, 0.6) is 5.75 Å². The summed E-state index contributed by atoms with van der Waals surface area (Å²) < 4.78 is 59.0. The van der Waals surface area contributed by atoms with Crippen molar-refractivity contribution < 1.29 is 21.6 Å². The second-order valence-corrected chi connectivity index (χ2v) is 9.35. The number of benzene rings is 2. The Balaban J connectivity index is 2.05. The summed E-state index contributed by atoms with van der Waals surface area (Å²) >= 11 is 0. The fraction of sp³-hybridized carbons (Fsp3) is 0.294. The standard InChI is InChI=1S/C17H22N2O5S2/c1-13-12-17(14(2)11-16(13)24-3)26(22,23)18-9-10-25(20,21)19-15-7-5-4-6-8-15/h4-8,11-12,18-19H,9-10H2,1-3H3. The summed E-state index contributed by atoms with van der Waals surface area (Å²) in [6.45, 7) is 3.16. The maximum atomic E-state index is 12.5. The first-order valence-corrected chi connectivity index (χ1v) is 11.0. The SMILES string of the molecule is COc1cc(C)c(S(=O)(=O)NCCS(=O)(=O)Nc2ccccc2)cc1C. The van der Waals surface area contributed by atoms with E-state index in [-0.39, 0.29) is 17.2 Å². The van der Waals surface area contributed by atoms with Crippen LogP contribution in [0.3, 0.4) is 0 Å². The number of para-hydroxylation sites is 1. The second-order valence-electron chi connectivity index (χ2n) is 5.77. The smallest absolute Gasteiger partial charge is 0.240 e. The lowest BCUT2D eigenvalue weighted by Gasteiger charge is -2.13. The minimum atomic E-state index is -3.83. The molecule has 0 aliphatic carbocycles. The van der Waals surface area contributed by atoms with E-state index in [4.69, 9.17) is 4.74 Å². The molecule has 0 amide bonds. The third-order valence-corrected chi connectivity index (χ3v) is 6.58.